The highest BCUT2D eigenvalue weighted by molar-refractivity contribution is 7.86. The molecule has 1 fully saturated rings. The van der Waals surface area contributed by atoms with E-state index in [1.54, 1.807) is 13.1 Å². The Hall–Kier alpha value is -3.24. The molecule has 1 unspecified atom stereocenters. The highest BCUT2D eigenvalue weighted by atomic mass is 32.2. The van der Waals surface area contributed by atoms with Gasteiger partial charge in [0.2, 0.25) is 6.29 Å². The normalized spacial score (nSPS) is 25.5. The van der Waals surface area contributed by atoms with Crippen LogP contribution in [0.15, 0.2) is 29.3 Å². The van der Waals surface area contributed by atoms with Crippen molar-refractivity contribution in [2.75, 3.05) is 6.26 Å². The molecule has 1 saturated heterocycles. The summed E-state index contributed by atoms with van der Waals surface area (Å²) >= 11 is 0. The number of nitrogens with two attached hydrogens (primary N) is 2. The van der Waals surface area contributed by atoms with Crippen molar-refractivity contribution in [3.8, 4) is 5.75 Å². The fourth-order valence-electron chi connectivity index (χ4n) is 3.34. The second-order valence-electron chi connectivity index (χ2n) is 7.28. The van der Waals surface area contributed by atoms with E-state index < -0.39 is 58.7 Å². The maximum Gasteiger partial charge on any atom is 0.335 e. The molecule has 1 aromatic heterocycles. The number of aromatic nitrogens is 1. The molecule has 0 spiro atoms. The Balaban J connectivity index is 1.96. The van der Waals surface area contributed by atoms with E-state index in [1.165, 1.54) is 22.8 Å². The molecule has 0 radical (unpaired) electrons. The Labute approximate surface area is 187 Å². The fourth-order valence-corrected chi connectivity index (χ4v) is 3.95. The van der Waals surface area contributed by atoms with Crippen LogP contribution in [0.25, 0.3) is 10.9 Å². The van der Waals surface area contributed by atoms with E-state index in [1.807, 2.05) is 0 Å². The molecule has 0 saturated carbocycles. The molecule has 1 aliphatic rings. The summed E-state index contributed by atoms with van der Waals surface area (Å²) in [7, 11) is -2.59. The Kier molecular flexibility index (Phi) is 6.62. The molecule has 2 aromatic rings. The van der Waals surface area contributed by atoms with Gasteiger partial charge in [0.25, 0.3) is 16.0 Å². The largest absolute Gasteiger partial charge is 0.479 e. The van der Waals surface area contributed by atoms with E-state index >= 15 is 0 Å². The van der Waals surface area contributed by atoms with Gasteiger partial charge in [0.15, 0.2) is 18.2 Å². The number of hydrogen-bond acceptors (Lipinski definition) is 9. The zero-order valence-corrected chi connectivity index (χ0v) is 18.2. The number of ether oxygens (including phenoxy) is 2. The lowest BCUT2D eigenvalue weighted by atomic mass is 9.99. The van der Waals surface area contributed by atoms with Crippen LogP contribution in [-0.4, -0.2) is 83.1 Å². The maximum absolute atomic E-state index is 12.2. The number of aliphatic hydroxyl groups is 2. The molecule has 1 aliphatic heterocycles. The van der Waals surface area contributed by atoms with Crippen molar-refractivity contribution in [2.24, 2.45) is 23.5 Å². The number of aliphatic imine (C=N–C) groups is 1. The molecule has 3 rings (SSSR count). The maximum atomic E-state index is 12.2. The fraction of sp³-hybridized carbons (Fsp3) is 0.389. The second-order valence-corrected chi connectivity index (χ2v) is 8.88. The predicted octanol–water partition coefficient (Wildman–Crippen LogP) is -2.15. The summed E-state index contributed by atoms with van der Waals surface area (Å²) in [4.78, 5) is 27.1. The lowest BCUT2D eigenvalue weighted by Crippen LogP contribution is -2.62. The van der Waals surface area contributed by atoms with Crippen molar-refractivity contribution in [1.29, 1.82) is 0 Å². The van der Waals surface area contributed by atoms with E-state index in [2.05, 4.69) is 4.99 Å². The number of aliphatic carboxylic acids is 1. The molecular weight excluding hydrogens is 464 g/mol. The van der Waals surface area contributed by atoms with Crippen molar-refractivity contribution in [1.82, 2.24) is 4.57 Å². The van der Waals surface area contributed by atoms with Crippen molar-refractivity contribution in [3.05, 3.63) is 30.0 Å². The molecule has 0 bridgehead atoms. The number of carbonyl (C=O) groups excluding carboxylic acids is 1. The lowest BCUT2D eigenvalue weighted by Gasteiger charge is -2.39. The topological polar surface area (TPSA) is 226 Å². The number of aliphatic hydroxyl groups excluding tert-OH is 2. The first-order valence-corrected chi connectivity index (χ1v) is 11.1. The molecular formula is C18H22N4O10S. The van der Waals surface area contributed by atoms with Gasteiger partial charge in [-0.1, -0.05) is 0 Å². The van der Waals surface area contributed by atoms with Crippen LogP contribution >= 0.6 is 0 Å². The number of rotatable bonds is 6. The third-order valence-corrected chi connectivity index (χ3v) is 5.37. The third-order valence-electron chi connectivity index (χ3n) is 4.79. The Morgan fingerprint density at radius 1 is 1.18 bits per heavy atom. The third kappa shape index (κ3) is 5.23. The monoisotopic (exact) mass is 486 g/mol. The first kappa shape index (κ1) is 24.4. The van der Waals surface area contributed by atoms with Crippen LogP contribution in [0.3, 0.4) is 0 Å². The molecule has 14 nitrogen and oxygen atoms in total. The summed E-state index contributed by atoms with van der Waals surface area (Å²) < 4.78 is 40.3. The zero-order valence-electron chi connectivity index (χ0n) is 17.4. The van der Waals surface area contributed by atoms with Gasteiger partial charge in [0, 0.05) is 18.5 Å². The molecule has 1 amide bonds. The van der Waals surface area contributed by atoms with Gasteiger partial charge in [-0.2, -0.15) is 13.4 Å². The van der Waals surface area contributed by atoms with Gasteiger partial charge in [-0.3, -0.25) is 8.98 Å². The van der Waals surface area contributed by atoms with E-state index in [4.69, 9.17) is 25.1 Å². The number of guanidine groups is 1. The van der Waals surface area contributed by atoms with Crippen LogP contribution < -0.4 is 16.2 Å². The van der Waals surface area contributed by atoms with Crippen LogP contribution in [0.2, 0.25) is 0 Å². The quantitative estimate of drug-likeness (QED) is 0.167. The van der Waals surface area contributed by atoms with Crippen molar-refractivity contribution in [2.45, 2.75) is 30.7 Å². The van der Waals surface area contributed by atoms with Gasteiger partial charge in [0.05, 0.1) is 11.8 Å². The number of benzene rings is 1. The average Bonchev–Trinajstić information content (AvgIpc) is 3.02. The van der Waals surface area contributed by atoms with Crippen molar-refractivity contribution >= 4 is 38.9 Å². The van der Waals surface area contributed by atoms with Gasteiger partial charge in [-0.15, -0.1) is 0 Å². The smallest absolute Gasteiger partial charge is 0.335 e. The second kappa shape index (κ2) is 8.95. The number of carboxylic acids is 1. The molecule has 15 heteroatoms. The van der Waals surface area contributed by atoms with E-state index in [-0.39, 0.29) is 11.4 Å². The minimum atomic E-state index is -4.15. The van der Waals surface area contributed by atoms with E-state index in [0.29, 0.717) is 17.2 Å². The highest BCUT2D eigenvalue weighted by Crippen LogP contribution is 2.30. The number of carboxylic acid groups (broad SMARTS) is 1. The molecule has 2 heterocycles. The Morgan fingerprint density at radius 2 is 1.85 bits per heavy atom. The van der Waals surface area contributed by atoms with Crippen LogP contribution in [0.1, 0.15) is 10.5 Å². The average molecular weight is 486 g/mol. The molecule has 33 heavy (non-hydrogen) atoms. The standard InChI is InChI=1S/C18H22N4O10S/c1-22-9-6-8(4-3-7(9)5-10(22)15(25)21-18(19)20)30-17-14(32-33(2,28)29)12(24)11(23)13(31-17)16(26)27/h3-6,11-14,17,23-24H,1-2H3,(H,26,27)(H4,19,20,21,25)/t11-,12-,13-,14+,17?/m0/s1. The lowest BCUT2D eigenvalue weighted by molar-refractivity contribution is -0.264. The van der Waals surface area contributed by atoms with Crippen LogP contribution in [0.5, 0.6) is 5.75 Å². The summed E-state index contributed by atoms with van der Waals surface area (Å²) in [6, 6.07) is 5.98. The summed E-state index contributed by atoms with van der Waals surface area (Å²) in [5.74, 6) is -2.64. The number of carbonyl (C=O) groups is 2. The predicted molar refractivity (Wildman–Crippen MR) is 112 cm³/mol. The first-order valence-electron chi connectivity index (χ1n) is 9.31. The van der Waals surface area contributed by atoms with E-state index in [9.17, 15) is 33.3 Å². The minimum Gasteiger partial charge on any atom is -0.479 e. The molecule has 7 N–H and O–H groups in total. The van der Waals surface area contributed by atoms with Gasteiger partial charge in [0.1, 0.15) is 23.7 Å². The SMILES string of the molecule is Cn1c(C(=O)N=C(N)N)cc2ccc(OC3O[C@H](C(=O)O)[C@@H](O)[C@H](O)[C@H]3OS(C)(=O)=O)cc21. The number of hydrogen-bond donors (Lipinski definition) is 5. The Bertz CT molecular complexity index is 1220. The number of fused-ring (bicyclic) bond motifs is 1. The summed E-state index contributed by atoms with van der Waals surface area (Å²) in [5, 5.41) is 30.1. The van der Waals surface area contributed by atoms with Crippen LogP contribution in [-0.2, 0) is 30.9 Å². The zero-order chi connectivity index (χ0) is 24.7. The van der Waals surface area contributed by atoms with Crippen LogP contribution in [0.4, 0.5) is 0 Å². The van der Waals surface area contributed by atoms with Gasteiger partial charge >= 0.3 is 5.97 Å². The summed E-state index contributed by atoms with van der Waals surface area (Å²) in [6.07, 6.45) is -8.63. The number of nitrogens with zero attached hydrogens (tertiary/aromatic N) is 2. The van der Waals surface area contributed by atoms with Gasteiger partial charge in [-0.05, 0) is 18.2 Å². The molecule has 1 aromatic carbocycles. The number of aryl methyl sites for hydroxylation is 1. The molecule has 5 atom stereocenters. The van der Waals surface area contributed by atoms with E-state index in [0.717, 1.165) is 0 Å². The van der Waals surface area contributed by atoms with Crippen molar-refractivity contribution in [3.63, 3.8) is 0 Å². The molecule has 0 aliphatic carbocycles. The summed E-state index contributed by atoms with van der Waals surface area (Å²) in [5.41, 5.74) is 11.1. The first-order chi connectivity index (χ1) is 15.3. The van der Waals surface area contributed by atoms with Crippen LogP contribution in [0, 0.1) is 0 Å². The minimum absolute atomic E-state index is 0.0596. The summed E-state index contributed by atoms with van der Waals surface area (Å²) in [6.45, 7) is 0. The molecule has 180 valence electrons. The highest BCUT2D eigenvalue weighted by Gasteiger charge is 2.50. The Morgan fingerprint density at radius 3 is 2.42 bits per heavy atom. The number of amides is 1. The van der Waals surface area contributed by atoms with Gasteiger partial charge in [-0.25, -0.2) is 4.79 Å². The van der Waals surface area contributed by atoms with Gasteiger partial charge < -0.3 is 40.8 Å². The van der Waals surface area contributed by atoms with Crippen molar-refractivity contribution < 1.29 is 47.0 Å².